The molecule has 2 aromatic carbocycles. The van der Waals surface area contributed by atoms with Crippen molar-refractivity contribution in [2.45, 2.75) is 50.2 Å². The highest BCUT2D eigenvalue weighted by Gasteiger charge is 2.58. The highest BCUT2D eigenvalue weighted by atomic mass is 19.3. The zero-order valence-electron chi connectivity index (χ0n) is 18.1. The van der Waals surface area contributed by atoms with E-state index in [-0.39, 0.29) is 43.2 Å². The van der Waals surface area contributed by atoms with E-state index < -0.39 is 42.0 Å². The van der Waals surface area contributed by atoms with Gasteiger partial charge in [0.1, 0.15) is 23.6 Å². The number of hydrogen-bond donors (Lipinski definition) is 0. The molecule has 10 heteroatoms. The minimum atomic E-state index is -3.06. The van der Waals surface area contributed by atoms with Gasteiger partial charge in [-0.25, -0.2) is 8.78 Å². The van der Waals surface area contributed by atoms with E-state index in [2.05, 4.69) is 4.74 Å². The molecule has 6 nitrogen and oxygen atoms in total. The van der Waals surface area contributed by atoms with Gasteiger partial charge in [0.05, 0.1) is 11.6 Å². The molecule has 0 saturated carbocycles. The predicted molar refractivity (Wildman–Crippen MR) is 111 cm³/mol. The van der Waals surface area contributed by atoms with Gasteiger partial charge < -0.3 is 19.3 Å². The van der Waals surface area contributed by atoms with Gasteiger partial charge in [0.25, 0.3) is 11.8 Å². The number of carbonyl (C=O) groups excluding carboxylic acids is 2. The second-order valence-electron chi connectivity index (χ2n) is 8.74. The van der Waals surface area contributed by atoms with Crippen molar-refractivity contribution >= 4 is 11.8 Å². The van der Waals surface area contributed by atoms with Gasteiger partial charge >= 0.3 is 6.61 Å². The number of rotatable bonds is 4. The van der Waals surface area contributed by atoms with Crippen molar-refractivity contribution in [3.8, 4) is 5.75 Å². The van der Waals surface area contributed by atoms with Crippen LogP contribution >= 0.6 is 0 Å². The zero-order chi connectivity index (χ0) is 24.0. The fourth-order valence-electron chi connectivity index (χ4n) is 5.22. The van der Waals surface area contributed by atoms with Crippen LogP contribution in [0.2, 0.25) is 0 Å². The molecule has 3 heterocycles. The highest BCUT2D eigenvalue weighted by Crippen LogP contribution is 2.48. The Hall–Kier alpha value is -3.14. The molecule has 0 aliphatic carbocycles. The third-order valence-corrected chi connectivity index (χ3v) is 6.78. The predicted octanol–water partition coefficient (Wildman–Crippen LogP) is 4.26. The van der Waals surface area contributed by atoms with E-state index >= 15 is 0 Å². The molecule has 0 aromatic heterocycles. The van der Waals surface area contributed by atoms with E-state index in [0.29, 0.717) is 18.4 Å². The van der Waals surface area contributed by atoms with Crippen LogP contribution in [0.15, 0.2) is 42.5 Å². The minimum Gasteiger partial charge on any atom is -0.434 e. The van der Waals surface area contributed by atoms with Crippen LogP contribution in [0.5, 0.6) is 5.75 Å². The first-order valence-electron chi connectivity index (χ1n) is 11.1. The van der Waals surface area contributed by atoms with E-state index in [1.165, 1.54) is 35.2 Å². The quantitative estimate of drug-likeness (QED) is 0.617. The number of amides is 2. The van der Waals surface area contributed by atoms with E-state index in [0.717, 1.165) is 6.07 Å². The molecule has 3 aliphatic heterocycles. The molecule has 180 valence electrons. The Morgan fingerprint density at radius 3 is 2.41 bits per heavy atom. The summed E-state index contributed by atoms with van der Waals surface area (Å²) in [7, 11) is 0. The number of carbonyl (C=O) groups is 2. The Labute approximate surface area is 193 Å². The molecule has 3 fully saturated rings. The number of para-hydroxylation sites is 1. The molecule has 3 aliphatic rings. The summed E-state index contributed by atoms with van der Waals surface area (Å²) >= 11 is 0. The molecule has 5 rings (SSSR count). The largest absolute Gasteiger partial charge is 0.434 e. The summed E-state index contributed by atoms with van der Waals surface area (Å²) in [6.45, 7) is -2.68. The van der Waals surface area contributed by atoms with Crippen LogP contribution < -0.4 is 4.74 Å². The van der Waals surface area contributed by atoms with Crippen molar-refractivity contribution in [1.82, 2.24) is 9.80 Å². The first kappa shape index (κ1) is 22.6. The van der Waals surface area contributed by atoms with Crippen LogP contribution in [0.1, 0.15) is 47.6 Å². The summed E-state index contributed by atoms with van der Waals surface area (Å²) in [5.74, 6) is -2.34. The zero-order valence-corrected chi connectivity index (χ0v) is 18.1. The van der Waals surface area contributed by atoms with Crippen molar-refractivity contribution < 1.29 is 36.6 Å². The van der Waals surface area contributed by atoms with E-state index in [1.807, 2.05) is 0 Å². The third kappa shape index (κ3) is 3.89. The number of piperidine rings is 1. The van der Waals surface area contributed by atoms with Crippen molar-refractivity contribution in [2.75, 3.05) is 13.1 Å². The number of hydrogen-bond acceptors (Lipinski definition) is 4. The first-order valence-corrected chi connectivity index (χ1v) is 11.1. The number of ether oxygens (including phenoxy) is 2. The smallest absolute Gasteiger partial charge is 0.387 e. The molecule has 0 N–H and O–H groups in total. The second kappa shape index (κ2) is 8.57. The molecule has 0 bridgehead atoms. The van der Waals surface area contributed by atoms with Crippen LogP contribution in [-0.4, -0.2) is 53.1 Å². The Kier molecular flexibility index (Phi) is 5.71. The van der Waals surface area contributed by atoms with Crippen molar-refractivity contribution in [2.24, 2.45) is 0 Å². The van der Waals surface area contributed by atoms with Crippen molar-refractivity contribution in [3.63, 3.8) is 0 Å². The Balaban J connectivity index is 1.30. The summed E-state index contributed by atoms with van der Waals surface area (Å²) < 4.78 is 63.6. The SMILES string of the molecule is O=C(c1ccccc1OC(F)F)N1CCC2(CC1)O[C@@H]1CC[C@@H](c3cc(F)cc(F)c3)N1C2=O. The van der Waals surface area contributed by atoms with Gasteiger partial charge in [-0.15, -0.1) is 0 Å². The van der Waals surface area contributed by atoms with Crippen LogP contribution in [0.3, 0.4) is 0 Å². The lowest BCUT2D eigenvalue weighted by Crippen LogP contribution is -2.51. The van der Waals surface area contributed by atoms with E-state index in [9.17, 15) is 27.2 Å². The number of benzene rings is 2. The molecule has 34 heavy (non-hydrogen) atoms. The van der Waals surface area contributed by atoms with Crippen molar-refractivity contribution in [1.29, 1.82) is 0 Å². The van der Waals surface area contributed by atoms with Gasteiger partial charge in [0.15, 0.2) is 5.60 Å². The average Bonchev–Trinajstić information content (AvgIpc) is 3.31. The Morgan fingerprint density at radius 2 is 1.74 bits per heavy atom. The second-order valence-corrected chi connectivity index (χ2v) is 8.74. The van der Waals surface area contributed by atoms with E-state index in [1.54, 1.807) is 11.0 Å². The average molecular weight is 478 g/mol. The lowest BCUT2D eigenvalue weighted by atomic mass is 9.89. The molecule has 0 unspecified atom stereocenters. The minimum absolute atomic E-state index is 0.0197. The maximum Gasteiger partial charge on any atom is 0.387 e. The molecule has 2 atom stereocenters. The summed E-state index contributed by atoms with van der Waals surface area (Å²) in [4.78, 5) is 29.5. The van der Waals surface area contributed by atoms with Gasteiger partial charge in [0, 0.05) is 32.0 Å². The van der Waals surface area contributed by atoms with Crippen LogP contribution in [0.4, 0.5) is 17.6 Å². The van der Waals surface area contributed by atoms with Crippen molar-refractivity contribution in [3.05, 3.63) is 65.2 Å². The lowest BCUT2D eigenvalue weighted by Gasteiger charge is -2.37. The van der Waals surface area contributed by atoms with Gasteiger partial charge in [0.2, 0.25) is 0 Å². The Morgan fingerprint density at radius 1 is 1.06 bits per heavy atom. The summed E-state index contributed by atoms with van der Waals surface area (Å²) in [5, 5.41) is 0. The number of nitrogens with zero attached hydrogens (tertiary/aromatic N) is 2. The molecule has 3 saturated heterocycles. The maximum atomic E-state index is 13.8. The van der Waals surface area contributed by atoms with Crippen LogP contribution in [0.25, 0.3) is 0 Å². The molecule has 2 amide bonds. The summed E-state index contributed by atoms with van der Waals surface area (Å²) in [6, 6.07) is 8.54. The number of likely N-dealkylation sites (tertiary alicyclic amines) is 1. The monoisotopic (exact) mass is 478 g/mol. The molecular weight excluding hydrogens is 456 g/mol. The maximum absolute atomic E-state index is 13.8. The fraction of sp³-hybridized carbons (Fsp3) is 0.417. The van der Waals surface area contributed by atoms with Crippen LogP contribution in [-0.2, 0) is 9.53 Å². The first-order chi connectivity index (χ1) is 16.3. The third-order valence-electron chi connectivity index (χ3n) is 6.78. The molecule has 0 radical (unpaired) electrons. The van der Waals surface area contributed by atoms with Crippen LogP contribution in [0, 0.1) is 11.6 Å². The topological polar surface area (TPSA) is 59.1 Å². The number of fused-ring (bicyclic) bond motifs is 1. The van der Waals surface area contributed by atoms with Gasteiger partial charge in [-0.1, -0.05) is 12.1 Å². The van der Waals surface area contributed by atoms with Gasteiger partial charge in [-0.05, 0) is 42.7 Å². The highest BCUT2D eigenvalue weighted by molar-refractivity contribution is 5.97. The van der Waals surface area contributed by atoms with Gasteiger partial charge in [-0.3, -0.25) is 9.59 Å². The molecular formula is C24H22F4N2O4. The number of halogens is 4. The molecule has 2 aromatic rings. The van der Waals surface area contributed by atoms with E-state index in [4.69, 9.17) is 4.74 Å². The standard InChI is InChI=1S/C24H22F4N2O4/c25-15-11-14(12-16(26)13-15)18-5-6-20-30(18)22(32)24(34-20)7-9-29(10-8-24)21(31)17-3-1-2-4-19(17)33-23(27)28/h1-4,11-13,18,20,23H,5-10H2/t18-,20+/m0/s1. The molecule has 1 spiro atoms. The fourth-order valence-corrected chi connectivity index (χ4v) is 5.22. The summed E-state index contributed by atoms with van der Waals surface area (Å²) in [5.41, 5.74) is -0.714. The lowest BCUT2D eigenvalue weighted by molar-refractivity contribution is -0.142. The summed E-state index contributed by atoms with van der Waals surface area (Å²) in [6.07, 6.45) is 1.03. The normalized spacial score (nSPS) is 23.6. The number of alkyl halides is 2. The Bertz CT molecular complexity index is 1100. The van der Waals surface area contributed by atoms with Gasteiger partial charge in [-0.2, -0.15) is 8.78 Å².